The van der Waals surface area contributed by atoms with Crippen molar-refractivity contribution in [2.24, 2.45) is 0 Å². The minimum Gasteiger partial charge on any atom is -0.466 e. The first-order valence-electron chi connectivity index (χ1n) is 7.29. The number of hydrogen-bond acceptors (Lipinski definition) is 3. The van der Waals surface area contributed by atoms with Crippen molar-refractivity contribution in [1.82, 2.24) is 0 Å². The highest BCUT2D eigenvalue weighted by Crippen LogP contribution is 2.37. The lowest BCUT2D eigenvalue weighted by atomic mass is 10.0. The van der Waals surface area contributed by atoms with Gasteiger partial charge in [-0.2, -0.15) is 13.2 Å². The molecular weight excluding hydrogens is 337 g/mol. The number of nitrogens with one attached hydrogen (secondary N) is 2. The van der Waals surface area contributed by atoms with Crippen LogP contribution in [0.4, 0.5) is 24.5 Å². The maximum atomic E-state index is 13.0. The lowest BCUT2D eigenvalue weighted by Crippen LogP contribution is -2.56. The Balaban J connectivity index is 1.91. The van der Waals surface area contributed by atoms with E-state index in [1.165, 1.54) is 19.1 Å². The Morgan fingerprint density at radius 3 is 2.48 bits per heavy atom. The average molecular weight is 350 g/mol. The van der Waals surface area contributed by atoms with E-state index >= 15 is 0 Å². The molecule has 0 fully saturated rings. The van der Waals surface area contributed by atoms with Crippen LogP contribution in [0.3, 0.4) is 0 Å². The summed E-state index contributed by atoms with van der Waals surface area (Å²) in [6, 6.07) is 11.0. The van der Waals surface area contributed by atoms with Crippen LogP contribution < -0.4 is 15.4 Å². The van der Waals surface area contributed by atoms with Gasteiger partial charge in [-0.15, -0.1) is 0 Å². The van der Waals surface area contributed by atoms with E-state index in [0.29, 0.717) is 5.69 Å². The molecule has 0 bridgehead atoms. The van der Waals surface area contributed by atoms with Crippen molar-refractivity contribution in [3.05, 3.63) is 54.1 Å². The molecule has 2 amide bonds. The second-order valence-corrected chi connectivity index (χ2v) is 5.58. The molecule has 1 heterocycles. The molecular formula is C17H13F3N2O3. The Labute approximate surface area is 140 Å². The number of amides is 2. The van der Waals surface area contributed by atoms with Gasteiger partial charge in [-0.1, -0.05) is 24.3 Å². The number of rotatable bonds is 2. The fourth-order valence-corrected chi connectivity index (χ4v) is 2.40. The molecule has 0 aromatic heterocycles. The SMILES string of the molecule is CC1(C(=O)Nc2ccccc2C(F)(F)F)Oc2ccccc2NC1=O. The summed E-state index contributed by atoms with van der Waals surface area (Å²) in [5.74, 6) is -1.52. The van der Waals surface area contributed by atoms with Crippen molar-refractivity contribution < 1.29 is 27.5 Å². The molecule has 0 aliphatic carbocycles. The first kappa shape index (κ1) is 16.8. The van der Waals surface area contributed by atoms with Crippen LogP contribution in [0, 0.1) is 0 Å². The van der Waals surface area contributed by atoms with Gasteiger partial charge in [0.1, 0.15) is 5.75 Å². The standard InChI is InChI=1S/C17H13F3N2O3/c1-16(15(24)22-12-8-4-5-9-13(12)25-16)14(23)21-11-7-3-2-6-10(11)17(18,19)20/h2-9H,1H3,(H,21,23)(H,22,24). The smallest absolute Gasteiger partial charge is 0.418 e. The molecule has 1 atom stereocenters. The van der Waals surface area contributed by atoms with E-state index in [2.05, 4.69) is 10.6 Å². The average Bonchev–Trinajstić information content (AvgIpc) is 2.55. The van der Waals surface area contributed by atoms with Crippen molar-refractivity contribution in [2.45, 2.75) is 18.7 Å². The van der Waals surface area contributed by atoms with E-state index in [-0.39, 0.29) is 5.75 Å². The van der Waals surface area contributed by atoms with Crippen LogP contribution in [0.2, 0.25) is 0 Å². The van der Waals surface area contributed by atoms with Gasteiger partial charge >= 0.3 is 6.18 Å². The minimum atomic E-state index is -4.65. The van der Waals surface area contributed by atoms with E-state index < -0.39 is 34.8 Å². The number of ether oxygens (including phenoxy) is 1. The molecule has 2 aromatic carbocycles. The maximum absolute atomic E-state index is 13.0. The number of anilines is 2. The summed E-state index contributed by atoms with van der Waals surface area (Å²) in [6.07, 6.45) is -4.65. The third kappa shape index (κ3) is 3.02. The highest BCUT2D eigenvalue weighted by atomic mass is 19.4. The molecule has 0 spiro atoms. The van der Waals surface area contributed by atoms with Gasteiger partial charge in [0.05, 0.1) is 16.9 Å². The zero-order valence-electron chi connectivity index (χ0n) is 13.0. The Morgan fingerprint density at radius 2 is 1.76 bits per heavy atom. The van der Waals surface area contributed by atoms with Crippen molar-refractivity contribution >= 4 is 23.2 Å². The highest BCUT2D eigenvalue weighted by Gasteiger charge is 2.48. The van der Waals surface area contributed by atoms with Crippen LogP contribution in [-0.2, 0) is 15.8 Å². The molecule has 0 saturated carbocycles. The quantitative estimate of drug-likeness (QED) is 0.816. The van der Waals surface area contributed by atoms with Gasteiger partial charge in [-0.25, -0.2) is 0 Å². The predicted octanol–water partition coefficient (Wildman–Crippen LogP) is 3.43. The molecule has 3 rings (SSSR count). The van der Waals surface area contributed by atoms with Gasteiger partial charge in [-0.3, -0.25) is 9.59 Å². The monoisotopic (exact) mass is 350 g/mol. The van der Waals surface area contributed by atoms with Gasteiger partial charge in [0.25, 0.3) is 17.4 Å². The lowest BCUT2D eigenvalue weighted by Gasteiger charge is -2.33. The number of benzene rings is 2. The first-order valence-corrected chi connectivity index (χ1v) is 7.29. The van der Waals surface area contributed by atoms with E-state index in [1.54, 1.807) is 24.3 Å². The molecule has 1 aliphatic heterocycles. The van der Waals surface area contributed by atoms with Crippen molar-refractivity contribution in [1.29, 1.82) is 0 Å². The maximum Gasteiger partial charge on any atom is 0.418 e. The Hall–Kier alpha value is -3.03. The molecule has 0 saturated heterocycles. The molecule has 2 aromatic rings. The third-order valence-electron chi connectivity index (χ3n) is 3.80. The largest absolute Gasteiger partial charge is 0.466 e. The molecule has 1 unspecified atom stereocenters. The number of fused-ring (bicyclic) bond motifs is 1. The molecule has 1 aliphatic rings. The Morgan fingerprint density at radius 1 is 1.12 bits per heavy atom. The molecule has 0 radical (unpaired) electrons. The predicted molar refractivity (Wildman–Crippen MR) is 84.2 cm³/mol. The number of halogens is 3. The molecule has 5 nitrogen and oxygen atoms in total. The second kappa shape index (κ2) is 5.80. The van der Waals surface area contributed by atoms with E-state index in [0.717, 1.165) is 12.1 Å². The van der Waals surface area contributed by atoms with Gasteiger partial charge in [-0.05, 0) is 31.2 Å². The first-order chi connectivity index (χ1) is 11.7. The summed E-state index contributed by atoms with van der Waals surface area (Å²) in [4.78, 5) is 24.8. The number of carbonyl (C=O) groups excluding carboxylic acids is 2. The fourth-order valence-electron chi connectivity index (χ4n) is 2.40. The van der Waals surface area contributed by atoms with Crippen molar-refractivity contribution in [3.8, 4) is 5.75 Å². The third-order valence-corrected chi connectivity index (χ3v) is 3.80. The van der Waals surface area contributed by atoms with Crippen molar-refractivity contribution in [2.75, 3.05) is 10.6 Å². The molecule has 130 valence electrons. The number of para-hydroxylation sites is 3. The van der Waals surface area contributed by atoms with Crippen LogP contribution in [0.25, 0.3) is 0 Å². The minimum absolute atomic E-state index is 0.254. The summed E-state index contributed by atoms with van der Waals surface area (Å²) in [5, 5.41) is 4.66. The van der Waals surface area contributed by atoms with E-state index in [9.17, 15) is 22.8 Å². The van der Waals surface area contributed by atoms with Gasteiger partial charge in [0.2, 0.25) is 0 Å². The summed E-state index contributed by atoms with van der Waals surface area (Å²) < 4.78 is 44.6. The number of carbonyl (C=O) groups is 2. The van der Waals surface area contributed by atoms with Crippen LogP contribution in [0.1, 0.15) is 12.5 Å². The van der Waals surface area contributed by atoms with Crippen LogP contribution >= 0.6 is 0 Å². The zero-order valence-corrected chi connectivity index (χ0v) is 13.0. The van der Waals surface area contributed by atoms with Gasteiger partial charge < -0.3 is 15.4 Å². The summed E-state index contributed by atoms with van der Waals surface area (Å²) in [5.41, 5.74) is -3.08. The van der Waals surface area contributed by atoms with Crippen LogP contribution in [0.15, 0.2) is 48.5 Å². The molecule has 25 heavy (non-hydrogen) atoms. The number of alkyl halides is 3. The fraction of sp³-hybridized carbons (Fsp3) is 0.176. The Bertz CT molecular complexity index is 851. The van der Waals surface area contributed by atoms with E-state index in [4.69, 9.17) is 4.74 Å². The molecule has 2 N–H and O–H groups in total. The summed E-state index contributed by atoms with van der Waals surface area (Å²) in [7, 11) is 0. The normalized spacial score (nSPS) is 19.4. The van der Waals surface area contributed by atoms with E-state index in [1.807, 2.05) is 0 Å². The van der Waals surface area contributed by atoms with Crippen molar-refractivity contribution in [3.63, 3.8) is 0 Å². The van der Waals surface area contributed by atoms with Crippen LogP contribution in [-0.4, -0.2) is 17.4 Å². The number of hydrogen-bond donors (Lipinski definition) is 2. The second-order valence-electron chi connectivity index (χ2n) is 5.58. The topological polar surface area (TPSA) is 67.4 Å². The highest BCUT2D eigenvalue weighted by molar-refractivity contribution is 6.19. The summed E-state index contributed by atoms with van der Waals surface area (Å²) in [6.45, 7) is 1.20. The zero-order chi connectivity index (χ0) is 18.2. The summed E-state index contributed by atoms with van der Waals surface area (Å²) >= 11 is 0. The Kier molecular flexibility index (Phi) is 3.90. The van der Waals surface area contributed by atoms with Crippen LogP contribution in [0.5, 0.6) is 5.75 Å². The van der Waals surface area contributed by atoms with Gasteiger partial charge in [0, 0.05) is 0 Å². The lowest BCUT2D eigenvalue weighted by molar-refractivity contribution is -0.143. The van der Waals surface area contributed by atoms with Gasteiger partial charge in [0.15, 0.2) is 0 Å². The molecule has 8 heteroatoms.